The second-order valence-corrected chi connectivity index (χ2v) is 9.62. The van der Waals surface area contributed by atoms with E-state index >= 15 is 0 Å². The normalized spacial score (nSPS) is 12.5. The summed E-state index contributed by atoms with van der Waals surface area (Å²) in [5.74, 6) is 0.122. The molecule has 2 amide bonds. The first-order chi connectivity index (χ1) is 20.0. The molecular formula is C33H35N3O5. The maximum Gasteiger partial charge on any atom is 0.412 e. The monoisotopic (exact) mass is 553 g/mol. The van der Waals surface area contributed by atoms with Crippen molar-refractivity contribution in [1.82, 2.24) is 0 Å². The maximum absolute atomic E-state index is 13.2. The van der Waals surface area contributed by atoms with Gasteiger partial charge in [0.15, 0.2) is 0 Å². The standard InChI is InChI=1S/C33H35N3O5/c1-23(11-2-9-20-31(38)35-29-17-7-6-16-27(29)34)32(26-15-5-8-19-30(26)40-22-21-37)41-33(39)36-28-18-10-13-24-12-3-4-14-25(24)28/h3-10,12-20,23,32,37H,2,11,21-22,34H2,1H3,(H,35,38)(H,36,39)/b20-9+/t23-,32+/m0/s1. The first kappa shape index (κ1) is 29.2. The van der Waals surface area contributed by atoms with Gasteiger partial charge in [0, 0.05) is 10.9 Å². The number of carbonyl (C=O) groups is 2. The van der Waals surface area contributed by atoms with Crippen LogP contribution in [0.4, 0.5) is 21.9 Å². The number of aliphatic hydroxyl groups excluding tert-OH is 1. The predicted octanol–water partition coefficient (Wildman–Crippen LogP) is 6.69. The van der Waals surface area contributed by atoms with Gasteiger partial charge in [0.2, 0.25) is 5.91 Å². The van der Waals surface area contributed by atoms with Crippen LogP contribution < -0.4 is 21.1 Å². The zero-order valence-electron chi connectivity index (χ0n) is 23.0. The van der Waals surface area contributed by atoms with Gasteiger partial charge in [-0.15, -0.1) is 0 Å². The number of rotatable bonds is 12. The third kappa shape index (κ3) is 8.09. The molecule has 41 heavy (non-hydrogen) atoms. The van der Waals surface area contributed by atoms with Gasteiger partial charge in [-0.05, 0) is 54.5 Å². The molecule has 0 aliphatic rings. The lowest BCUT2D eigenvalue weighted by molar-refractivity contribution is -0.111. The van der Waals surface area contributed by atoms with E-state index in [0.29, 0.717) is 41.2 Å². The van der Waals surface area contributed by atoms with Crippen LogP contribution in [-0.2, 0) is 9.53 Å². The number of carbonyl (C=O) groups excluding carboxylic acids is 2. The number of nitrogen functional groups attached to an aromatic ring is 1. The first-order valence-corrected chi connectivity index (χ1v) is 13.6. The van der Waals surface area contributed by atoms with Gasteiger partial charge in [0.05, 0.1) is 23.7 Å². The van der Waals surface area contributed by atoms with Gasteiger partial charge >= 0.3 is 6.09 Å². The Kier molecular flexibility index (Phi) is 10.3. The Labute approximate surface area is 239 Å². The number of fused-ring (bicyclic) bond motifs is 1. The minimum atomic E-state index is -0.647. The van der Waals surface area contributed by atoms with Crippen LogP contribution in [0.5, 0.6) is 5.75 Å². The number of hydrogen-bond donors (Lipinski definition) is 4. The molecule has 0 fully saturated rings. The molecule has 0 aliphatic carbocycles. The van der Waals surface area contributed by atoms with E-state index in [4.69, 9.17) is 15.2 Å². The zero-order chi connectivity index (χ0) is 29.0. The fraction of sp³-hybridized carbons (Fsp3) is 0.212. The molecule has 0 heterocycles. The van der Waals surface area contributed by atoms with Crippen molar-refractivity contribution >= 4 is 39.8 Å². The Morgan fingerprint density at radius 1 is 0.902 bits per heavy atom. The van der Waals surface area contributed by atoms with E-state index in [1.807, 2.05) is 67.6 Å². The van der Waals surface area contributed by atoms with Crippen molar-refractivity contribution in [1.29, 1.82) is 0 Å². The van der Waals surface area contributed by atoms with E-state index in [2.05, 4.69) is 10.6 Å². The number of nitrogens with one attached hydrogen (secondary N) is 2. The summed E-state index contributed by atoms with van der Waals surface area (Å²) in [7, 11) is 0. The van der Waals surface area contributed by atoms with E-state index in [-0.39, 0.29) is 25.0 Å². The van der Waals surface area contributed by atoms with Crippen molar-refractivity contribution in [2.45, 2.75) is 25.9 Å². The molecule has 4 aromatic rings. The Morgan fingerprint density at radius 3 is 2.44 bits per heavy atom. The second-order valence-electron chi connectivity index (χ2n) is 9.62. The number of hydrogen-bond acceptors (Lipinski definition) is 6. The molecule has 0 aliphatic heterocycles. The van der Waals surface area contributed by atoms with Crippen LogP contribution in [0.15, 0.2) is 103 Å². The minimum Gasteiger partial charge on any atom is -0.491 e. The Morgan fingerprint density at radius 2 is 1.61 bits per heavy atom. The number of ether oxygens (including phenoxy) is 2. The fourth-order valence-corrected chi connectivity index (χ4v) is 4.56. The van der Waals surface area contributed by atoms with Gasteiger partial charge < -0.3 is 25.6 Å². The second kappa shape index (κ2) is 14.5. The zero-order valence-corrected chi connectivity index (χ0v) is 23.0. The number of amides is 2. The molecular weight excluding hydrogens is 518 g/mol. The average molecular weight is 554 g/mol. The van der Waals surface area contributed by atoms with Gasteiger partial charge in [-0.2, -0.15) is 0 Å². The SMILES string of the molecule is C[C@@H](CC/C=C/C(=O)Nc1ccccc1N)[C@@H](OC(=O)Nc1cccc2ccccc12)c1ccccc1OCCO. The molecule has 0 aromatic heterocycles. The number of allylic oxidation sites excluding steroid dienone is 1. The van der Waals surface area contributed by atoms with E-state index < -0.39 is 12.2 Å². The lowest BCUT2D eigenvalue weighted by Gasteiger charge is -2.26. The smallest absolute Gasteiger partial charge is 0.412 e. The summed E-state index contributed by atoms with van der Waals surface area (Å²) in [6.07, 6.45) is 3.21. The van der Waals surface area contributed by atoms with Crippen molar-refractivity contribution in [2.75, 3.05) is 29.6 Å². The summed E-state index contributed by atoms with van der Waals surface area (Å²) >= 11 is 0. The van der Waals surface area contributed by atoms with Crippen molar-refractivity contribution in [3.8, 4) is 5.75 Å². The van der Waals surface area contributed by atoms with Gasteiger partial charge in [-0.25, -0.2) is 4.79 Å². The average Bonchev–Trinajstić information content (AvgIpc) is 2.98. The molecule has 0 spiro atoms. The molecule has 5 N–H and O–H groups in total. The van der Waals surface area contributed by atoms with Gasteiger partial charge in [0.25, 0.3) is 0 Å². The molecule has 0 saturated heterocycles. The number of aliphatic hydroxyl groups is 1. The summed E-state index contributed by atoms with van der Waals surface area (Å²) in [6.45, 7) is 1.96. The van der Waals surface area contributed by atoms with E-state index in [9.17, 15) is 14.7 Å². The molecule has 8 heteroatoms. The number of anilines is 3. The van der Waals surface area contributed by atoms with Crippen molar-refractivity contribution in [3.63, 3.8) is 0 Å². The summed E-state index contributed by atoms with van der Waals surface area (Å²) in [5, 5.41) is 16.9. The van der Waals surface area contributed by atoms with Gasteiger partial charge in [0.1, 0.15) is 18.5 Å². The lowest BCUT2D eigenvalue weighted by atomic mass is 9.92. The van der Waals surface area contributed by atoms with E-state index in [0.717, 1.165) is 10.8 Å². The molecule has 8 nitrogen and oxygen atoms in total. The largest absolute Gasteiger partial charge is 0.491 e. The van der Waals surface area contributed by atoms with Crippen LogP contribution >= 0.6 is 0 Å². The summed E-state index contributed by atoms with van der Waals surface area (Å²) in [5.41, 5.74) is 8.30. The highest BCUT2D eigenvalue weighted by Gasteiger charge is 2.26. The Hall–Kier alpha value is -4.82. The Balaban J connectivity index is 1.47. The van der Waals surface area contributed by atoms with Crippen molar-refractivity contribution < 1.29 is 24.2 Å². The van der Waals surface area contributed by atoms with Crippen molar-refractivity contribution in [3.05, 3.63) is 109 Å². The highest BCUT2D eigenvalue weighted by molar-refractivity contribution is 6.01. The number of benzene rings is 4. The summed E-state index contributed by atoms with van der Waals surface area (Å²) in [4.78, 5) is 25.6. The molecule has 0 unspecified atom stereocenters. The van der Waals surface area contributed by atoms with Crippen LogP contribution in [-0.4, -0.2) is 30.3 Å². The van der Waals surface area contributed by atoms with Gasteiger partial charge in [-0.3, -0.25) is 10.1 Å². The van der Waals surface area contributed by atoms with Gasteiger partial charge in [-0.1, -0.05) is 79.7 Å². The van der Waals surface area contributed by atoms with Crippen LogP contribution in [0.25, 0.3) is 10.8 Å². The molecule has 0 bridgehead atoms. The van der Waals surface area contributed by atoms with Crippen LogP contribution in [0.2, 0.25) is 0 Å². The maximum atomic E-state index is 13.2. The van der Waals surface area contributed by atoms with E-state index in [1.54, 1.807) is 36.4 Å². The third-order valence-corrected chi connectivity index (χ3v) is 6.63. The van der Waals surface area contributed by atoms with Crippen LogP contribution in [0, 0.1) is 5.92 Å². The molecule has 0 saturated carbocycles. The number of para-hydroxylation sites is 3. The van der Waals surface area contributed by atoms with Crippen molar-refractivity contribution in [2.24, 2.45) is 5.92 Å². The topological polar surface area (TPSA) is 123 Å². The molecule has 4 rings (SSSR count). The molecule has 4 aromatic carbocycles. The predicted molar refractivity (Wildman–Crippen MR) is 163 cm³/mol. The van der Waals surface area contributed by atoms with Crippen LogP contribution in [0.3, 0.4) is 0 Å². The first-order valence-electron chi connectivity index (χ1n) is 13.6. The fourth-order valence-electron chi connectivity index (χ4n) is 4.56. The highest BCUT2D eigenvalue weighted by atomic mass is 16.6. The molecule has 0 radical (unpaired) electrons. The van der Waals surface area contributed by atoms with Crippen LogP contribution in [0.1, 0.15) is 31.4 Å². The quantitative estimate of drug-likeness (QED) is 0.114. The molecule has 2 atom stereocenters. The third-order valence-electron chi connectivity index (χ3n) is 6.63. The van der Waals surface area contributed by atoms with E-state index in [1.165, 1.54) is 6.08 Å². The summed E-state index contributed by atoms with van der Waals surface area (Å²) in [6, 6.07) is 27.9. The lowest BCUT2D eigenvalue weighted by Crippen LogP contribution is -2.23. The molecule has 212 valence electrons. The minimum absolute atomic E-state index is 0.115. The summed E-state index contributed by atoms with van der Waals surface area (Å²) < 4.78 is 11.8. The Bertz CT molecular complexity index is 1500. The highest BCUT2D eigenvalue weighted by Crippen LogP contribution is 2.36. The number of nitrogens with two attached hydrogens (primary N) is 1.